The quantitative estimate of drug-likeness (QED) is 0.842. The molecule has 0 bridgehead atoms. The second-order valence-electron chi connectivity index (χ2n) is 5.15. The average Bonchev–Trinajstić information content (AvgIpc) is 2.48. The first-order valence-corrected chi connectivity index (χ1v) is 7.68. The second kappa shape index (κ2) is 6.23. The zero-order chi connectivity index (χ0) is 14.6. The molecule has 0 heterocycles. The van der Waals surface area contributed by atoms with Gasteiger partial charge < -0.3 is 5.32 Å². The fourth-order valence-electron chi connectivity index (χ4n) is 2.02. The summed E-state index contributed by atoms with van der Waals surface area (Å²) in [5.74, 6) is -0.0594. The third-order valence-electron chi connectivity index (χ3n) is 3.38. The Kier molecular flexibility index (Phi) is 4.61. The van der Waals surface area contributed by atoms with Crippen molar-refractivity contribution in [1.29, 1.82) is 0 Å². The first-order chi connectivity index (χ1) is 9.55. The van der Waals surface area contributed by atoms with Crippen molar-refractivity contribution in [2.75, 3.05) is 5.33 Å². The van der Waals surface area contributed by atoms with E-state index >= 15 is 0 Å². The molecule has 3 heteroatoms. The van der Waals surface area contributed by atoms with Crippen LogP contribution >= 0.6 is 15.9 Å². The summed E-state index contributed by atoms with van der Waals surface area (Å²) in [4.78, 5) is 12.4. The normalized spacial score (nSPS) is 13.6. The lowest BCUT2D eigenvalue weighted by atomic mass is 9.94. The van der Waals surface area contributed by atoms with Gasteiger partial charge in [0.05, 0.1) is 5.54 Å². The molecule has 0 saturated carbocycles. The van der Waals surface area contributed by atoms with E-state index < -0.39 is 5.54 Å². The molecule has 2 aromatic carbocycles. The number of amides is 1. The first-order valence-electron chi connectivity index (χ1n) is 6.56. The van der Waals surface area contributed by atoms with Crippen LogP contribution in [0.4, 0.5) is 0 Å². The highest BCUT2D eigenvalue weighted by Crippen LogP contribution is 2.23. The maximum atomic E-state index is 12.4. The number of nitrogens with one attached hydrogen (secondary N) is 1. The summed E-state index contributed by atoms with van der Waals surface area (Å²) in [7, 11) is 0. The van der Waals surface area contributed by atoms with Crippen molar-refractivity contribution in [2.24, 2.45) is 0 Å². The fraction of sp³-hybridized carbons (Fsp3) is 0.235. The maximum Gasteiger partial charge on any atom is 0.251 e. The molecule has 0 fully saturated rings. The Labute approximate surface area is 128 Å². The predicted octanol–water partition coefficient (Wildman–Crippen LogP) is 4.04. The topological polar surface area (TPSA) is 29.1 Å². The predicted molar refractivity (Wildman–Crippen MR) is 86.2 cm³/mol. The van der Waals surface area contributed by atoms with Crippen LogP contribution in [0.25, 0.3) is 0 Å². The van der Waals surface area contributed by atoms with E-state index in [0.29, 0.717) is 10.9 Å². The van der Waals surface area contributed by atoms with E-state index in [2.05, 4.69) is 21.2 Å². The first kappa shape index (κ1) is 14.8. The molecule has 0 radical (unpaired) electrons. The van der Waals surface area contributed by atoms with Gasteiger partial charge in [0.1, 0.15) is 0 Å². The van der Waals surface area contributed by atoms with E-state index in [4.69, 9.17) is 0 Å². The van der Waals surface area contributed by atoms with E-state index in [0.717, 1.165) is 11.1 Å². The molecule has 20 heavy (non-hydrogen) atoms. The van der Waals surface area contributed by atoms with Crippen molar-refractivity contribution in [3.05, 3.63) is 71.3 Å². The van der Waals surface area contributed by atoms with E-state index in [1.807, 2.05) is 68.4 Å². The molecule has 0 aliphatic carbocycles. The smallest absolute Gasteiger partial charge is 0.251 e. The van der Waals surface area contributed by atoms with Gasteiger partial charge in [-0.05, 0) is 31.5 Å². The van der Waals surface area contributed by atoms with E-state index in [1.165, 1.54) is 0 Å². The number of carbonyl (C=O) groups is 1. The molecule has 104 valence electrons. The van der Waals surface area contributed by atoms with Crippen LogP contribution in [0.15, 0.2) is 54.6 Å². The lowest BCUT2D eigenvalue weighted by Gasteiger charge is -2.29. The van der Waals surface area contributed by atoms with E-state index in [1.54, 1.807) is 0 Å². The van der Waals surface area contributed by atoms with Gasteiger partial charge in [0.25, 0.3) is 5.91 Å². The van der Waals surface area contributed by atoms with Crippen molar-refractivity contribution in [1.82, 2.24) is 5.32 Å². The Hall–Kier alpha value is -1.61. The number of rotatable bonds is 4. The number of hydrogen-bond donors (Lipinski definition) is 1. The lowest BCUT2D eigenvalue weighted by molar-refractivity contribution is 0.0914. The molecule has 1 atom stereocenters. The van der Waals surface area contributed by atoms with Crippen molar-refractivity contribution in [3.63, 3.8) is 0 Å². The third-order valence-corrected chi connectivity index (χ3v) is 4.50. The zero-order valence-electron chi connectivity index (χ0n) is 11.7. The van der Waals surface area contributed by atoms with E-state index in [9.17, 15) is 4.79 Å². The molecule has 1 unspecified atom stereocenters. The van der Waals surface area contributed by atoms with Crippen molar-refractivity contribution in [2.45, 2.75) is 19.4 Å². The van der Waals surface area contributed by atoms with Crippen LogP contribution in [-0.4, -0.2) is 11.2 Å². The van der Waals surface area contributed by atoms with Crippen LogP contribution in [0.3, 0.4) is 0 Å². The summed E-state index contributed by atoms with van der Waals surface area (Å²) in [6.45, 7) is 4.03. The van der Waals surface area contributed by atoms with Crippen LogP contribution in [0.5, 0.6) is 0 Å². The summed E-state index contributed by atoms with van der Waals surface area (Å²) >= 11 is 3.51. The standard InChI is InChI=1S/C17H18BrNO/c1-13-8-10-14(11-9-13)16(20)19-17(2,12-18)15-6-4-3-5-7-15/h3-11H,12H2,1-2H3,(H,19,20). The summed E-state index contributed by atoms with van der Waals surface area (Å²) in [6.07, 6.45) is 0. The molecule has 0 spiro atoms. The SMILES string of the molecule is Cc1ccc(C(=O)NC(C)(CBr)c2ccccc2)cc1. The molecule has 2 nitrogen and oxygen atoms in total. The van der Waals surface area contributed by atoms with Gasteiger partial charge in [-0.15, -0.1) is 0 Å². The van der Waals surface area contributed by atoms with Gasteiger partial charge in [-0.25, -0.2) is 0 Å². The zero-order valence-corrected chi connectivity index (χ0v) is 13.3. The van der Waals surface area contributed by atoms with Gasteiger partial charge in [-0.1, -0.05) is 64.0 Å². The highest BCUT2D eigenvalue weighted by atomic mass is 79.9. The van der Waals surface area contributed by atoms with Gasteiger partial charge in [0.15, 0.2) is 0 Å². The number of alkyl halides is 1. The Morgan fingerprint density at radius 1 is 1.10 bits per heavy atom. The molecule has 0 aromatic heterocycles. The van der Waals surface area contributed by atoms with Crippen LogP contribution in [0.2, 0.25) is 0 Å². The molecule has 1 amide bonds. The van der Waals surface area contributed by atoms with Crippen molar-refractivity contribution < 1.29 is 4.79 Å². The number of halogens is 1. The Morgan fingerprint density at radius 2 is 1.70 bits per heavy atom. The molecule has 0 aliphatic heterocycles. The molecule has 0 aliphatic rings. The fourth-order valence-corrected chi connectivity index (χ4v) is 2.48. The van der Waals surface area contributed by atoms with Gasteiger partial charge >= 0.3 is 0 Å². The van der Waals surface area contributed by atoms with Crippen molar-refractivity contribution in [3.8, 4) is 0 Å². The third kappa shape index (κ3) is 3.28. The highest BCUT2D eigenvalue weighted by molar-refractivity contribution is 9.09. The van der Waals surface area contributed by atoms with Crippen LogP contribution < -0.4 is 5.32 Å². The summed E-state index contributed by atoms with van der Waals surface area (Å²) in [6, 6.07) is 17.6. The number of aryl methyl sites for hydroxylation is 1. The minimum atomic E-state index is -0.427. The van der Waals surface area contributed by atoms with Crippen LogP contribution in [0, 0.1) is 6.92 Å². The highest BCUT2D eigenvalue weighted by Gasteiger charge is 2.27. The number of benzene rings is 2. The average molecular weight is 332 g/mol. The van der Waals surface area contributed by atoms with Gasteiger partial charge in [-0.3, -0.25) is 4.79 Å². The van der Waals surface area contributed by atoms with E-state index in [-0.39, 0.29) is 5.91 Å². The van der Waals surface area contributed by atoms with Crippen LogP contribution in [0.1, 0.15) is 28.4 Å². The minimum absolute atomic E-state index is 0.0594. The van der Waals surface area contributed by atoms with Gasteiger partial charge in [-0.2, -0.15) is 0 Å². The Morgan fingerprint density at radius 3 is 2.25 bits per heavy atom. The molecule has 0 saturated heterocycles. The lowest BCUT2D eigenvalue weighted by Crippen LogP contribution is -2.44. The molecule has 2 rings (SSSR count). The molecular formula is C17H18BrNO. The van der Waals surface area contributed by atoms with Gasteiger partial charge in [0.2, 0.25) is 0 Å². The molecular weight excluding hydrogens is 314 g/mol. The number of hydrogen-bond acceptors (Lipinski definition) is 1. The summed E-state index contributed by atoms with van der Waals surface area (Å²) < 4.78 is 0. The Balaban J connectivity index is 2.22. The molecule has 1 N–H and O–H groups in total. The second-order valence-corrected chi connectivity index (χ2v) is 5.71. The maximum absolute atomic E-state index is 12.4. The molecule has 2 aromatic rings. The summed E-state index contributed by atoms with van der Waals surface area (Å²) in [5, 5.41) is 3.76. The van der Waals surface area contributed by atoms with Crippen LogP contribution in [-0.2, 0) is 5.54 Å². The largest absolute Gasteiger partial charge is 0.342 e. The monoisotopic (exact) mass is 331 g/mol. The Bertz CT molecular complexity index is 580. The summed E-state index contributed by atoms with van der Waals surface area (Å²) in [5.41, 5.74) is 2.48. The van der Waals surface area contributed by atoms with Crippen molar-refractivity contribution >= 4 is 21.8 Å². The minimum Gasteiger partial charge on any atom is -0.342 e. The van der Waals surface area contributed by atoms with Gasteiger partial charge in [0, 0.05) is 10.9 Å². The number of carbonyl (C=O) groups excluding carboxylic acids is 1.